The zero-order chi connectivity index (χ0) is 43.0. The van der Waals surface area contributed by atoms with E-state index >= 15 is 0 Å². The lowest BCUT2D eigenvalue weighted by molar-refractivity contribution is 5.95. The zero-order valence-electron chi connectivity index (χ0n) is 24.5. The molecule has 0 aliphatic carbocycles. The second-order valence-electron chi connectivity index (χ2n) is 3.95. The van der Waals surface area contributed by atoms with Crippen LogP contribution in [0, 0.1) is 0 Å². The van der Waals surface area contributed by atoms with Gasteiger partial charge < -0.3 is 0 Å². The molecule has 0 N–H and O–H groups in total. The Morgan fingerprint density at radius 1 is 0.0833 bits per heavy atom. The van der Waals surface area contributed by atoms with Crippen LogP contribution in [0.4, 0.5) is 0 Å². The van der Waals surface area contributed by atoms with Crippen molar-refractivity contribution in [2.75, 3.05) is 0 Å². The van der Waals surface area contributed by atoms with Crippen molar-refractivity contribution in [2.45, 2.75) is 0 Å². The van der Waals surface area contributed by atoms with E-state index in [4.69, 9.17) is 22.4 Å². The Morgan fingerprint density at radius 2 is 0.133 bits per heavy atom. The number of rotatable bonds is 0. The van der Waals surface area contributed by atoms with Crippen molar-refractivity contribution in [2.24, 2.45) is 0 Å². The summed E-state index contributed by atoms with van der Waals surface area (Å²) in [6.45, 7) is 0. The van der Waals surface area contributed by atoms with Gasteiger partial charge in [0.05, 0.1) is 0 Å². The molecule has 0 nitrogen and oxygen atoms in total. The average Bonchev–Trinajstić information content (AvgIpc) is 3.26. The van der Waals surface area contributed by atoms with Gasteiger partial charge in [0.25, 0.3) is 0 Å². The second kappa shape index (κ2) is 72.2. The molecule has 0 aromatic rings. The molecule has 0 radical (unpaired) electrons. The first kappa shape index (κ1) is 73.2. The summed E-state index contributed by atoms with van der Waals surface area (Å²) >= 11 is 9.64. The summed E-state index contributed by atoms with van der Waals surface area (Å²) in [7, 11) is 104. The van der Waals surface area contributed by atoms with E-state index in [0.717, 1.165) is 0 Å². The Kier molecular flexibility index (Phi) is 88.1. The fourth-order valence-electron chi connectivity index (χ4n) is 0.635. The van der Waals surface area contributed by atoms with E-state index < -0.39 is 0 Å². The third-order valence-electron chi connectivity index (χ3n) is 1.58. The van der Waals surface area contributed by atoms with Gasteiger partial charge in [0.2, 0.25) is 0 Å². The van der Waals surface area contributed by atoms with Crippen LogP contribution in [0.5, 0.6) is 0 Å². The molecule has 60 heteroatoms. The fourth-order valence-corrected chi connectivity index (χ4v) is 154. The van der Waals surface area contributed by atoms with E-state index in [1.165, 1.54) is 17.8 Å². The highest BCUT2D eigenvalue weighted by Crippen LogP contribution is 1.46. The molecule has 0 aromatic carbocycles. The predicted octanol–water partition coefficient (Wildman–Crippen LogP) is -0.144. The summed E-state index contributed by atoms with van der Waals surface area (Å²) in [4.78, 5) is 0. The summed E-state index contributed by atoms with van der Waals surface area (Å²) in [5.41, 5.74) is 0. The Balaban J connectivity index is 6.11. The maximum absolute atomic E-state index is 4.82. The molecular weight excluding hydrogens is 1920 g/mol. The Morgan fingerprint density at radius 3 is 0.183 bits per heavy atom. The van der Waals surface area contributed by atoms with Crippen LogP contribution >= 0.6 is 0 Å². The standard InChI is InChI=1S/S60/c1-3-5-7-9-11-13-15-17-19-21-23-25-27-29-31-33-35-37-39-41-43-45-47-49-51-53-55-57-59-60-58-56-54-52-50-48-46-44-42-40-38-36-34-32-30-28-26-24-22-20-18-16-14-12-10-8-6-4-2. The summed E-state index contributed by atoms with van der Waals surface area (Å²) < 4.78 is 0. The molecule has 0 heterocycles. The van der Waals surface area contributed by atoms with Crippen molar-refractivity contribution in [1.29, 1.82) is 0 Å². The van der Waals surface area contributed by atoms with Crippen molar-refractivity contribution < 1.29 is 0 Å². The normalized spacial score (nSPS) is 7.80. The van der Waals surface area contributed by atoms with Gasteiger partial charge in [-0.25, -0.2) is 0 Å². The first-order valence-electron chi connectivity index (χ1n) is 9.83. The summed E-state index contributed by atoms with van der Waals surface area (Å²) in [6.07, 6.45) is 0. The number of hydrogen-bond donors (Lipinski definition) is 0. The Labute approximate surface area is 521 Å². The Bertz CT molecular complexity index is 4010. The fraction of sp³-hybridized carbons (Fsp3) is 0. The zero-order valence-corrected chi connectivity index (χ0v) is 73.5. The van der Waals surface area contributed by atoms with Crippen LogP contribution in [0.1, 0.15) is 0 Å². The molecule has 0 amide bonds. The largest absolute Gasteiger partial charge is 0 e. The van der Waals surface area contributed by atoms with Crippen molar-refractivity contribution >= 4 is 537 Å². The van der Waals surface area contributed by atoms with Crippen molar-refractivity contribution in [1.82, 2.24) is 0 Å². The molecule has 0 unspecified atom stereocenters. The van der Waals surface area contributed by atoms with Crippen LogP contribution in [0.25, 0.3) is 0 Å². The van der Waals surface area contributed by atoms with E-state index in [0.29, 0.717) is 0 Å². The molecule has 0 aliphatic rings. The van der Waals surface area contributed by atoms with E-state index in [-0.39, 0.29) is 0 Å². The van der Waals surface area contributed by atoms with E-state index in [1.807, 2.05) is 391 Å². The lowest BCUT2D eigenvalue weighted by Crippen LogP contribution is -1.41. The van der Waals surface area contributed by atoms with E-state index in [1.54, 1.807) is 107 Å². The van der Waals surface area contributed by atoms with Gasteiger partial charge >= 0.3 is 0 Å². The molecule has 0 saturated carbocycles. The van der Waals surface area contributed by atoms with Crippen LogP contribution in [0.2, 0.25) is 0 Å². The lowest BCUT2D eigenvalue weighted by Gasteiger charge is -1.41. The summed E-state index contributed by atoms with van der Waals surface area (Å²) in [5.74, 6) is 0. The Hall–Kier alpha value is 13.2. The van der Waals surface area contributed by atoms with Crippen LogP contribution in [-0.4, -0.2) is 0 Å². The molecule has 60 heavy (non-hydrogen) atoms. The van der Waals surface area contributed by atoms with Crippen LogP contribution in [-0.2, 0) is 537 Å². The third-order valence-corrected chi connectivity index (χ3v) is 128. The van der Waals surface area contributed by atoms with Crippen LogP contribution in [0.3, 0.4) is 0 Å². The van der Waals surface area contributed by atoms with Crippen LogP contribution < -0.4 is 0 Å². The summed E-state index contributed by atoms with van der Waals surface area (Å²) in [6, 6.07) is 0. The quantitative estimate of drug-likeness (QED) is 0.332. The molecule has 0 rings (SSSR count). The smallest absolute Gasteiger partial charge is 0 e. The van der Waals surface area contributed by atoms with E-state index in [9.17, 15) is 0 Å². The van der Waals surface area contributed by atoms with Gasteiger partial charge in [0, 0.05) is 537 Å². The highest BCUT2D eigenvalue weighted by Gasteiger charge is 1.46. The SMILES string of the molecule is S=S=S=S=S=S=S=S=S=S=S=S=S=S=S=S=S=S=S=S=S=S=S=S=S=S=S=S=S=S=S=S=S=S=S=S=S=S=S=S=S=S=S=S=S=S=S=S=S=S=S=S=S=S=S=S=S=S=S=S. The highest BCUT2D eigenvalue weighted by molar-refractivity contribution is 8.83. The first-order chi connectivity index (χ1) is 29.9. The molecule has 0 bridgehead atoms. The second-order valence-corrected chi connectivity index (χ2v) is 107. The van der Waals surface area contributed by atoms with Gasteiger partial charge in [-0.05, 0) is 0 Å². The van der Waals surface area contributed by atoms with Crippen molar-refractivity contribution in [3.05, 3.63) is 0 Å². The molecule has 0 aromatic heterocycles. The maximum atomic E-state index is 4.82. The molecule has 0 atom stereocenters. The van der Waals surface area contributed by atoms with Gasteiger partial charge in [-0.2, -0.15) is 0 Å². The van der Waals surface area contributed by atoms with Gasteiger partial charge in [-0.1, -0.05) is 0 Å². The molecule has 0 fully saturated rings. The molecule has 360 valence electrons. The molecule has 0 spiro atoms. The minimum atomic E-state index is 1.37. The van der Waals surface area contributed by atoms with Gasteiger partial charge in [-0.15, -0.1) is 0 Å². The molecular formula is S60. The minimum absolute atomic E-state index is 1.37. The topological polar surface area (TPSA) is 0 Å². The summed E-state index contributed by atoms with van der Waals surface area (Å²) in [5, 5.41) is 0. The van der Waals surface area contributed by atoms with Crippen LogP contribution in [0.15, 0.2) is 0 Å². The van der Waals surface area contributed by atoms with Gasteiger partial charge in [0.1, 0.15) is 0 Å². The predicted molar refractivity (Wildman–Crippen MR) is 442 cm³/mol. The van der Waals surface area contributed by atoms with Crippen molar-refractivity contribution in [3.63, 3.8) is 0 Å². The average molecular weight is 1920 g/mol. The minimum Gasteiger partial charge on any atom is 0 e. The van der Waals surface area contributed by atoms with Gasteiger partial charge in [-0.3, -0.25) is 0 Å². The lowest BCUT2D eigenvalue weighted by atomic mass is 30.7. The van der Waals surface area contributed by atoms with Gasteiger partial charge in [0.15, 0.2) is 0 Å². The van der Waals surface area contributed by atoms with Crippen molar-refractivity contribution in [3.8, 4) is 0 Å². The molecule has 0 aliphatic heterocycles. The first-order valence-corrected chi connectivity index (χ1v) is 88.5. The van der Waals surface area contributed by atoms with E-state index in [2.05, 4.69) is 0 Å². The maximum Gasteiger partial charge on any atom is 0 e. The highest BCUT2D eigenvalue weighted by atomic mass is 33.5. The number of hydrogen-bond acceptors (Lipinski definition) is 2. The third kappa shape index (κ3) is 71.2. The monoisotopic (exact) mass is 1920 g/mol. The molecule has 0 saturated heterocycles.